The van der Waals surface area contributed by atoms with Crippen molar-refractivity contribution in [3.05, 3.63) is 90.8 Å². The molecule has 26 heavy (non-hydrogen) atoms. The Bertz CT molecular complexity index is 771. The maximum absolute atomic E-state index is 13.0. The van der Waals surface area contributed by atoms with E-state index >= 15 is 0 Å². The average Bonchev–Trinajstić information content (AvgIpc) is 2.70. The molecule has 0 fully saturated rings. The van der Waals surface area contributed by atoms with E-state index in [4.69, 9.17) is 0 Å². The van der Waals surface area contributed by atoms with Crippen molar-refractivity contribution in [2.45, 2.75) is 12.5 Å². The Labute approximate surface area is 152 Å². The number of benzene rings is 2. The summed E-state index contributed by atoms with van der Waals surface area (Å²) in [6.07, 6.45) is 2.16. The third kappa shape index (κ3) is 4.46. The molecule has 0 spiro atoms. The van der Waals surface area contributed by atoms with Crippen LogP contribution in [0, 0.1) is 0 Å². The molecule has 0 radical (unpaired) electrons. The van der Waals surface area contributed by atoms with Crippen LogP contribution in [0.25, 0.3) is 0 Å². The van der Waals surface area contributed by atoms with Crippen molar-refractivity contribution < 1.29 is 9.90 Å². The van der Waals surface area contributed by atoms with E-state index in [0.29, 0.717) is 6.42 Å². The summed E-state index contributed by atoms with van der Waals surface area (Å²) >= 11 is 0. The van der Waals surface area contributed by atoms with Crippen LogP contribution in [0.15, 0.2) is 85.1 Å². The predicted octanol–water partition coefficient (Wildman–Crippen LogP) is 3.53. The van der Waals surface area contributed by atoms with Crippen LogP contribution in [-0.4, -0.2) is 28.8 Å². The highest BCUT2D eigenvalue weighted by Gasteiger charge is 2.21. The summed E-state index contributed by atoms with van der Waals surface area (Å²) in [5, 5.41) is 12.6. The molecule has 3 aromatic rings. The molecule has 2 aromatic carbocycles. The fraction of sp³-hybridized carbons (Fsp3) is 0.143. The van der Waals surface area contributed by atoms with Gasteiger partial charge in [-0.05, 0) is 36.4 Å². The monoisotopic (exact) mass is 347 g/mol. The second-order valence-corrected chi connectivity index (χ2v) is 5.86. The summed E-state index contributed by atoms with van der Waals surface area (Å²) < 4.78 is 0. The molecule has 0 aliphatic rings. The van der Waals surface area contributed by atoms with Gasteiger partial charge in [-0.15, -0.1) is 0 Å². The molecule has 3 rings (SSSR count). The van der Waals surface area contributed by atoms with E-state index in [-0.39, 0.29) is 12.6 Å². The number of aliphatic hydroxyl groups excluding tert-OH is 1. The lowest BCUT2D eigenvalue weighted by atomic mass is 10.1. The second kappa shape index (κ2) is 8.78. The fourth-order valence-electron chi connectivity index (χ4n) is 2.71. The Morgan fingerprint density at radius 2 is 1.50 bits per heavy atom. The first kappa shape index (κ1) is 17.6. The topological polar surface area (TPSA) is 65.5 Å². The highest BCUT2D eigenvalue weighted by atomic mass is 16.3. The minimum absolute atomic E-state index is 0.167. The van der Waals surface area contributed by atoms with Crippen LogP contribution in [0.5, 0.6) is 0 Å². The van der Waals surface area contributed by atoms with Crippen molar-refractivity contribution in [2.75, 3.05) is 11.5 Å². The molecule has 5 heteroatoms. The number of nitrogens with zero attached hydrogens (tertiary/aromatic N) is 2. The molecule has 132 valence electrons. The van der Waals surface area contributed by atoms with Crippen molar-refractivity contribution >= 4 is 17.4 Å². The lowest BCUT2D eigenvalue weighted by Crippen LogP contribution is -2.45. The number of hydrogen-bond donors (Lipinski definition) is 2. The van der Waals surface area contributed by atoms with Crippen LogP contribution in [0.2, 0.25) is 0 Å². The van der Waals surface area contributed by atoms with Gasteiger partial charge in [-0.2, -0.15) is 0 Å². The number of carbonyl (C=O) groups excluding carboxylic acids is 1. The van der Waals surface area contributed by atoms with E-state index in [2.05, 4.69) is 10.3 Å². The van der Waals surface area contributed by atoms with Crippen molar-refractivity contribution in [3.63, 3.8) is 0 Å². The number of aromatic nitrogens is 1. The number of carbonyl (C=O) groups is 1. The summed E-state index contributed by atoms with van der Waals surface area (Å²) in [7, 11) is 0. The van der Waals surface area contributed by atoms with Crippen molar-refractivity contribution in [3.8, 4) is 0 Å². The minimum atomic E-state index is -0.424. The van der Waals surface area contributed by atoms with E-state index in [0.717, 1.165) is 17.1 Å². The van der Waals surface area contributed by atoms with Crippen LogP contribution in [0.1, 0.15) is 5.69 Å². The average molecular weight is 347 g/mol. The number of para-hydroxylation sites is 2. The maximum Gasteiger partial charge on any atom is 0.326 e. The zero-order chi connectivity index (χ0) is 18.2. The molecule has 1 atom stereocenters. The van der Waals surface area contributed by atoms with Gasteiger partial charge >= 0.3 is 6.03 Å². The number of hydrogen-bond acceptors (Lipinski definition) is 3. The zero-order valence-electron chi connectivity index (χ0n) is 14.3. The molecule has 0 saturated carbocycles. The van der Waals surface area contributed by atoms with Gasteiger partial charge in [-0.25, -0.2) is 4.79 Å². The van der Waals surface area contributed by atoms with Gasteiger partial charge in [0.15, 0.2) is 0 Å². The third-order valence-electron chi connectivity index (χ3n) is 3.96. The number of aliphatic hydroxyl groups is 1. The largest absolute Gasteiger partial charge is 0.394 e. The van der Waals surface area contributed by atoms with Crippen LogP contribution in [0.3, 0.4) is 0 Å². The van der Waals surface area contributed by atoms with E-state index in [9.17, 15) is 9.90 Å². The van der Waals surface area contributed by atoms with Gasteiger partial charge in [-0.3, -0.25) is 9.88 Å². The van der Waals surface area contributed by atoms with Crippen molar-refractivity contribution in [1.29, 1.82) is 0 Å². The molecule has 0 saturated heterocycles. The molecule has 0 bridgehead atoms. The molecular weight excluding hydrogens is 326 g/mol. The van der Waals surface area contributed by atoms with Crippen LogP contribution in [0.4, 0.5) is 16.2 Å². The van der Waals surface area contributed by atoms with Gasteiger partial charge in [0.25, 0.3) is 0 Å². The van der Waals surface area contributed by atoms with E-state index in [1.54, 1.807) is 11.1 Å². The van der Waals surface area contributed by atoms with Gasteiger partial charge in [0.2, 0.25) is 0 Å². The first-order valence-corrected chi connectivity index (χ1v) is 8.49. The summed E-state index contributed by atoms with van der Waals surface area (Å²) in [5.41, 5.74) is 2.33. The highest BCUT2D eigenvalue weighted by Crippen LogP contribution is 2.25. The van der Waals surface area contributed by atoms with E-state index < -0.39 is 6.04 Å². The number of pyridine rings is 1. The molecule has 1 heterocycles. The fourth-order valence-corrected chi connectivity index (χ4v) is 2.71. The second-order valence-electron chi connectivity index (χ2n) is 5.86. The number of rotatable bonds is 6. The quantitative estimate of drug-likeness (QED) is 0.717. The molecule has 0 aliphatic carbocycles. The standard InChI is InChI=1S/C21H21N3O2/c25-16-18(15-17-9-7-8-14-22-17)23-21(26)24(19-10-3-1-4-11-19)20-12-5-2-6-13-20/h1-14,18,25H,15-16H2,(H,23,26)/t18-/m0/s1. The van der Waals surface area contributed by atoms with Gasteiger partial charge in [0.1, 0.15) is 0 Å². The zero-order valence-corrected chi connectivity index (χ0v) is 14.3. The van der Waals surface area contributed by atoms with Gasteiger partial charge in [0.05, 0.1) is 24.0 Å². The minimum Gasteiger partial charge on any atom is -0.394 e. The van der Waals surface area contributed by atoms with E-state index in [1.807, 2.05) is 78.9 Å². The normalized spacial score (nSPS) is 11.6. The number of amides is 2. The molecule has 1 aromatic heterocycles. The smallest absolute Gasteiger partial charge is 0.326 e. The van der Waals surface area contributed by atoms with Crippen LogP contribution >= 0.6 is 0 Å². The lowest BCUT2D eigenvalue weighted by molar-refractivity contribution is 0.221. The third-order valence-corrected chi connectivity index (χ3v) is 3.96. The SMILES string of the molecule is O=C(N[C@H](CO)Cc1ccccn1)N(c1ccccc1)c1ccccc1. The highest BCUT2D eigenvalue weighted by molar-refractivity contribution is 5.99. The predicted molar refractivity (Wildman–Crippen MR) is 102 cm³/mol. The van der Waals surface area contributed by atoms with Crippen molar-refractivity contribution in [1.82, 2.24) is 10.3 Å². The van der Waals surface area contributed by atoms with Gasteiger partial charge < -0.3 is 10.4 Å². The first-order chi connectivity index (χ1) is 12.8. The summed E-state index contributed by atoms with van der Waals surface area (Å²) in [6.45, 7) is -0.167. The molecule has 2 N–H and O–H groups in total. The Hall–Kier alpha value is -3.18. The number of anilines is 2. The van der Waals surface area contributed by atoms with E-state index in [1.165, 1.54) is 0 Å². The Balaban J connectivity index is 1.81. The van der Waals surface area contributed by atoms with Crippen molar-refractivity contribution in [2.24, 2.45) is 0 Å². The molecule has 0 unspecified atom stereocenters. The summed E-state index contributed by atoms with van der Waals surface area (Å²) in [6, 6.07) is 23.7. The Morgan fingerprint density at radius 3 is 2.00 bits per heavy atom. The maximum atomic E-state index is 13.0. The molecule has 2 amide bonds. The van der Waals surface area contributed by atoms with Gasteiger partial charge in [-0.1, -0.05) is 42.5 Å². The Morgan fingerprint density at radius 1 is 0.923 bits per heavy atom. The Kier molecular flexibility index (Phi) is 5.96. The summed E-state index contributed by atoms with van der Waals surface area (Å²) in [5.74, 6) is 0. The van der Waals surface area contributed by atoms with Crippen LogP contribution < -0.4 is 10.2 Å². The van der Waals surface area contributed by atoms with Crippen LogP contribution in [-0.2, 0) is 6.42 Å². The first-order valence-electron chi connectivity index (χ1n) is 8.49. The summed E-state index contributed by atoms with van der Waals surface area (Å²) in [4.78, 5) is 18.8. The molecular formula is C21H21N3O2. The molecule has 5 nitrogen and oxygen atoms in total. The van der Waals surface area contributed by atoms with Gasteiger partial charge in [0, 0.05) is 18.3 Å². The number of urea groups is 1. The molecule has 0 aliphatic heterocycles. The number of nitrogens with one attached hydrogen (secondary N) is 1. The lowest BCUT2D eigenvalue weighted by Gasteiger charge is -2.26.